The van der Waals surface area contributed by atoms with Gasteiger partial charge in [0.05, 0.1) is 5.41 Å². The maximum absolute atomic E-state index is 5.75. The first kappa shape index (κ1) is 12.8. The van der Waals surface area contributed by atoms with Gasteiger partial charge in [-0.2, -0.15) is 4.98 Å². The molecule has 0 aliphatic heterocycles. The van der Waals surface area contributed by atoms with E-state index in [2.05, 4.69) is 10.1 Å². The van der Waals surface area contributed by atoms with E-state index in [-0.39, 0.29) is 5.41 Å². The number of pyridine rings is 1. The Morgan fingerprint density at radius 2 is 1.73 bits per heavy atom. The van der Waals surface area contributed by atoms with Gasteiger partial charge in [0.1, 0.15) is 0 Å². The summed E-state index contributed by atoms with van der Waals surface area (Å²) in [6, 6.07) is 4.02. The molecular formula is C18H21N3O. The molecule has 0 saturated heterocycles. The quantitative estimate of drug-likeness (QED) is 0.843. The fourth-order valence-corrected chi connectivity index (χ4v) is 5.53. The normalized spacial score (nSPS) is 36.0. The molecule has 0 aromatic carbocycles. The molecule has 4 fully saturated rings. The number of aryl methyl sites for hydroxylation is 1. The number of rotatable bonds is 2. The van der Waals surface area contributed by atoms with Crippen molar-refractivity contribution in [2.75, 3.05) is 0 Å². The van der Waals surface area contributed by atoms with Crippen LogP contribution in [0.4, 0.5) is 0 Å². The molecule has 2 heterocycles. The van der Waals surface area contributed by atoms with Crippen molar-refractivity contribution in [2.24, 2.45) is 17.8 Å². The number of hydrogen-bond acceptors (Lipinski definition) is 4. The second-order valence-corrected chi connectivity index (χ2v) is 7.81. The molecule has 0 N–H and O–H groups in total. The summed E-state index contributed by atoms with van der Waals surface area (Å²) in [6.07, 6.45) is 9.91. The Labute approximate surface area is 130 Å². The highest BCUT2D eigenvalue weighted by Gasteiger charge is 2.54. The Morgan fingerprint density at radius 1 is 1.05 bits per heavy atom. The maximum Gasteiger partial charge on any atom is 0.233 e. The number of hydrogen-bond donors (Lipinski definition) is 0. The molecule has 4 saturated carbocycles. The standard InChI is InChI=1S/C18H21N3O/c1-11-2-3-15(10-19-11)16-20-17(22-21-16)18-7-12-4-13(8-18)6-14(5-12)9-18/h2-3,10,12-14H,4-9H2,1H3. The predicted octanol–water partition coefficient (Wildman–Crippen LogP) is 3.91. The Morgan fingerprint density at radius 3 is 2.32 bits per heavy atom. The van der Waals surface area contributed by atoms with Gasteiger partial charge in [-0.1, -0.05) is 5.16 Å². The van der Waals surface area contributed by atoms with Crippen molar-refractivity contribution in [2.45, 2.75) is 50.9 Å². The van der Waals surface area contributed by atoms with Crippen LogP contribution in [0.1, 0.15) is 50.1 Å². The van der Waals surface area contributed by atoms with E-state index < -0.39 is 0 Å². The fourth-order valence-electron chi connectivity index (χ4n) is 5.53. The summed E-state index contributed by atoms with van der Waals surface area (Å²) >= 11 is 0. The summed E-state index contributed by atoms with van der Waals surface area (Å²) in [5.41, 5.74) is 2.14. The Hall–Kier alpha value is -1.71. The van der Waals surface area contributed by atoms with Gasteiger partial charge < -0.3 is 4.52 Å². The van der Waals surface area contributed by atoms with Crippen LogP contribution in [-0.4, -0.2) is 15.1 Å². The average Bonchev–Trinajstić information content (AvgIpc) is 2.97. The lowest BCUT2D eigenvalue weighted by molar-refractivity contribution is -0.0201. The Bertz CT molecular complexity index is 668. The van der Waals surface area contributed by atoms with Crippen molar-refractivity contribution < 1.29 is 4.52 Å². The second kappa shape index (κ2) is 4.40. The van der Waals surface area contributed by atoms with Gasteiger partial charge in [0.25, 0.3) is 0 Å². The van der Waals surface area contributed by atoms with Crippen LogP contribution in [0.3, 0.4) is 0 Å². The first-order valence-corrected chi connectivity index (χ1v) is 8.47. The number of nitrogens with zero attached hydrogens (tertiary/aromatic N) is 3. The van der Waals surface area contributed by atoms with Gasteiger partial charge in [-0.3, -0.25) is 4.98 Å². The van der Waals surface area contributed by atoms with Gasteiger partial charge in [0, 0.05) is 17.5 Å². The molecule has 4 heteroatoms. The minimum Gasteiger partial charge on any atom is -0.338 e. The average molecular weight is 295 g/mol. The third kappa shape index (κ3) is 1.86. The Kier molecular flexibility index (Phi) is 2.56. The van der Waals surface area contributed by atoms with Crippen molar-refractivity contribution in [3.63, 3.8) is 0 Å². The zero-order valence-electron chi connectivity index (χ0n) is 13.0. The summed E-state index contributed by atoms with van der Waals surface area (Å²) in [5, 5.41) is 4.25. The molecule has 4 aliphatic rings. The summed E-state index contributed by atoms with van der Waals surface area (Å²) in [5.74, 6) is 4.26. The van der Waals surface area contributed by atoms with Crippen LogP contribution in [0.2, 0.25) is 0 Å². The molecule has 4 bridgehead atoms. The van der Waals surface area contributed by atoms with E-state index in [1.807, 2.05) is 25.3 Å². The molecule has 114 valence electrons. The van der Waals surface area contributed by atoms with Gasteiger partial charge >= 0.3 is 0 Å². The third-order valence-electron chi connectivity index (χ3n) is 6.09. The van der Waals surface area contributed by atoms with E-state index in [9.17, 15) is 0 Å². The van der Waals surface area contributed by atoms with Crippen molar-refractivity contribution in [1.82, 2.24) is 15.1 Å². The Balaban J connectivity index is 1.50. The first-order valence-electron chi connectivity index (χ1n) is 8.47. The minimum atomic E-state index is 0.179. The van der Waals surface area contributed by atoms with Gasteiger partial charge in [0.2, 0.25) is 11.7 Å². The summed E-state index contributed by atoms with van der Waals surface area (Å²) < 4.78 is 5.75. The highest BCUT2D eigenvalue weighted by Crippen LogP contribution is 2.60. The van der Waals surface area contributed by atoms with Crippen LogP contribution in [0.15, 0.2) is 22.9 Å². The van der Waals surface area contributed by atoms with Crippen LogP contribution in [-0.2, 0) is 5.41 Å². The van der Waals surface area contributed by atoms with E-state index in [0.717, 1.165) is 34.9 Å². The van der Waals surface area contributed by atoms with Crippen LogP contribution in [0, 0.1) is 24.7 Å². The smallest absolute Gasteiger partial charge is 0.233 e. The molecule has 6 rings (SSSR count). The number of aromatic nitrogens is 3. The van der Waals surface area contributed by atoms with E-state index in [1.165, 1.54) is 38.5 Å². The molecule has 2 aromatic heterocycles. The summed E-state index contributed by atoms with van der Waals surface area (Å²) in [4.78, 5) is 9.12. The van der Waals surface area contributed by atoms with Gasteiger partial charge in [-0.05, 0) is 75.3 Å². The minimum absolute atomic E-state index is 0.179. The zero-order valence-corrected chi connectivity index (χ0v) is 13.0. The highest BCUT2D eigenvalue weighted by atomic mass is 16.5. The SMILES string of the molecule is Cc1ccc(-c2noc(C34CC5CC(CC(C5)C3)C4)n2)cn1. The molecule has 22 heavy (non-hydrogen) atoms. The fraction of sp³-hybridized carbons (Fsp3) is 0.611. The summed E-state index contributed by atoms with van der Waals surface area (Å²) in [6.45, 7) is 1.99. The van der Waals surface area contributed by atoms with Crippen LogP contribution >= 0.6 is 0 Å². The molecule has 4 aliphatic carbocycles. The monoisotopic (exact) mass is 295 g/mol. The molecule has 0 spiro atoms. The van der Waals surface area contributed by atoms with Crippen molar-refractivity contribution >= 4 is 0 Å². The van der Waals surface area contributed by atoms with E-state index in [0.29, 0.717) is 5.82 Å². The molecular weight excluding hydrogens is 274 g/mol. The lowest BCUT2D eigenvalue weighted by Crippen LogP contribution is -2.48. The topological polar surface area (TPSA) is 51.8 Å². The zero-order chi connectivity index (χ0) is 14.7. The van der Waals surface area contributed by atoms with Gasteiger partial charge in [0.15, 0.2) is 0 Å². The largest absolute Gasteiger partial charge is 0.338 e. The second-order valence-electron chi connectivity index (χ2n) is 7.81. The van der Waals surface area contributed by atoms with Gasteiger partial charge in [-0.15, -0.1) is 0 Å². The van der Waals surface area contributed by atoms with Gasteiger partial charge in [-0.25, -0.2) is 0 Å². The first-order chi connectivity index (χ1) is 10.7. The lowest BCUT2D eigenvalue weighted by atomic mass is 9.49. The maximum atomic E-state index is 5.75. The molecule has 0 unspecified atom stereocenters. The van der Waals surface area contributed by atoms with E-state index in [1.54, 1.807) is 0 Å². The molecule has 0 amide bonds. The summed E-state index contributed by atoms with van der Waals surface area (Å²) in [7, 11) is 0. The van der Waals surface area contributed by atoms with E-state index >= 15 is 0 Å². The molecule has 0 radical (unpaired) electrons. The third-order valence-corrected chi connectivity index (χ3v) is 6.09. The van der Waals surface area contributed by atoms with Crippen LogP contribution < -0.4 is 0 Å². The van der Waals surface area contributed by atoms with Crippen molar-refractivity contribution in [1.29, 1.82) is 0 Å². The van der Waals surface area contributed by atoms with Crippen molar-refractivity contribution in [3.8, 4) is 11.4 Å². The highest BCUT2D eigenvalue weighted by molar-refractivity contribution is 5.52. The molecule has 4 nitrogen and oxygen atoms in total. The van der Waals surface area contributed by atoms with E-state index in [4.69, 9.17) is 9.51 Å². The molecule has 2 aromatic rings. The van der Waals surface area contributed by atoms with Crippen LogP contribution in [0.25, 0.3) is 11.4 Å². The van der Waals surface area contributed by atoms with Crippen LogP contribution in [0.5, 0.6) is 0 Å². The molecule has 0 atom stereocenters. The predicted molar refractivity (Wildman–Crippen MR) is 82.1 cm³/mol. The lowest BCUT2D eigenvalue weighted by Gasteiger charge is -2.55. The van der Waals surface area contributed by atoms with Crippen molar-refractivity contribution in [3.05, 3.63) is 29.9 Å².